The fourth-order valence-electron chi connectivity index (χ4n) is 2.17. The van der Waals surface area contributed by atoms with Gasteiger partial charge in [0.1, 0.15) is 0 Å². The topological polar surface area (TPSA) is 68.3 Å². The fraction of sp³-hybridized carbons (Fsp3) is 0.316. The molecule has 0 unspecified atom stereocenters. The smallest absolute Gasteiger partial charge is 0.338 e. The van der Waals surface area contributed by atoms with Gasteiger partial charge in [0, 0.05) is 18.1 Å². The van der Waals surface area contributed by atoms with E-state index < -0.39 is 0 Å². The summed E-state index contributed by atoms with van der Waals surface area (Å²) in [6.45, 7) is 2.58. The first-order chi connectivity index (χ1) is 11.7. The van der Waals surface area contributed by atoms with Crippen molar-refractivity contribution in [1.82, 2.24) is 4.98 Å². The number of aromatic nitrogens is 1. The van der Waals surface area contributed by atoms with Crippen LogP contribution in [0.3, 0.4) is 0 Å². The molecule has 24 heavy (non-hydrogen) atoms. The highest BCUT2D eigenvalue weighted by atomic mass is 16.5. The average Bonchev–Trinajstić information content (AvgIpc) is 2.62. The molecule has 0 saturated heterocycles. The van der Waals surface area contributed by atoms with Crippen molar-refractivity contribution in [2.75, 3.05) is 11.9 Å². The van der Waals surface area contributed by atoms with Gasteiger partial charge < -0.3 is 10.1 Å². The van der Waals surface area contributed by atoms with Gasteiger partial charge in [-0.05, 0) is 42.8 Å². The highest BCUT2D eigenvalue weighted by molar-refractivity contribution is 6.04. The Morgan fingerprint density at radius 2 is 1.83 bits per heavy atom. The normalized spacial score (nSPS) is 10.2. The number of nitrogens with zero attached hydrogens (tertiary/aromatic N) is 1. The summed E-state index contributed by atoms with van der Waals surface area (Å²) in [5, 5.41) is 2.76. The molecule has 0 aliphatic carbocycles. The van der Waals surface area contributed by atoms with E-state index in [0.717, 1.165) is 25.7 Å². The highest BCUT2D eigenvalue weighted by Crippen LogP contribution is 2.12. The van der Waals surface area contributed by atoms with Crippen LogP contribution in [0.2, 0.25) is 0 Å². The van der Waals surface area contributed by atoms with Crippen LogP contribution >= 0.6 is 0 Å². The van der Waals surface area contributed by atoms with Gasteiger partial charge in [-0.3, -0.25) is 9.78 Å². The summed E-state index contributed by atoms with van der Waals surface area (Å²) in [5.41, 5.74) is 1.57. The lowest BCUT2D eigenvalue weighted by molar-refractivity contribution is 0.0498. The number of benzene rings is 1. The second-order valence-corrected chi connectivity index (χ2v) is 5.47. The van der Waals surface area contributed by atoms with Gasteiger partial charge in [-0.2, -0.15) is 0 Å². The number of esters is 1. The summed E-state index contributed by atoms with van der Waals surface area (Å²) in [6, 6.07) is 10.0. The van der Waals surface area contributed by atoms with Crippen molar-refractivity contribution >= 4 is 17.6 Å². The largest absolute Gasteiger partial charge is 0.462 e. The van der Waals surface area contributed by atoms with E-state index in [1.807, 2.05) is 0 Å². The second kappa shape index (κ2) is 9.45. The van der Waals surface area contributed by atoms with E-state index in [2.05, 4.69) is 17.2 Å². The Morgan fingerprint density at radius 3 is 2.50 bits per heavy atom. The highest BCUT2D eigenvalue weighted by Gasteiger charge is 2.09. The number of unbranched alkanes of at least 4 members (excludes halogenated alkanes) is 3. The molecule has 1 N–H and O–H groups in total. The first kappa shape index (κ1) is 17.7. The maximum absolute atomic E-state index is 12.0. The summed E-state index contributed by atoms with van der Waals surface area (Å²) in [7, 11) is 0. The molecule has 1 aromatic heterocycles. The predicted molar refractivity (Wildman–Crippen MR) is 93.1 cm³/mol. The van der Waals surface area contributed by atoms with Crippen LogP contribution < -0.4 is 5.32 Å². The Labute approximate surface area is 142 Å². The van der Waals surface area contributed by atoms with Crippen molar-refractivity contribution in [2.45, 2.75) is 32.6 Å². The van der Waals surface area contributed by atoms with Gasteiger partial charge in [0.05, 0.1) is 17.7 Å². The molecule has 5 heteroatoms. The number of anilines is 1. The van der Waals surface area contributed by atoms with Crippen LogP contribution in [0.1, 0.15) is 53.3 Å². The molecule has 2 rings (SSSR count). The quantitative estimate of drug-likeness (QED) is 0.586. The summed E-state index contributed by atoms with van der Waals surface area (Å²) < 4.78 is 5.23. The van der Waals surface area contributed by atoms with Crippen molar-refractivity contribution in [2.24, 2.45) is 0 Å². The fourth-order valence-corrected chi connectivity index (χ4v) is 2.17. The molecule has 0 aliphatic rings. The molecule has 1 amide bonds. The zero-order chi connectivity index (χ0) is 17.2. The molecule has 2 aromatic rings. The number of carbonyl (C=O) groups excluding carboxylic acids is 2. The molecular weight excluding hydrogens is 304 g/mol. The number of hydrogen-bond donors (Lipinski definition) is 1. The number of hydrogen-bond acceptors (Lipinski definition) is 4. The zero-order valence-electron chi connectivity index (χ0n) is 13.8. The predicted octanol–water partition coefficient (Wildman–Crippen LogP) is 4.07. The Morgan fingerprint density at radius 1 is 1.04 bits per heavy atom. The van der Waals surface area contributed by atoms with E-state index >= 15 is 0 Å². The van der Waals surface area contributed by atoms with Crippen LogP contribution in [-0.2, 0) is 4.74 Å². The van der Waals surface area contributed by atoms with Crippen LogP contribution in [0.15, 0.2) is 48.8 Å². The number of ether oxygens (including phenoxy) is 1. The molecule has 0 bridgehead atoms. The maximum atomic E-state index is 12.0. The lowest BCUT2D eigenvalue weighted by atomic mass is 10.2. The van der Waals surface area contributed by atoms with Crippen molar-refractivity contribution in [1.29, 1.82) is 0 Å². The third-order valence-electron chi connectivity index (χ3n) is 3.53. The van der Waals surface area contributed by atoms with E-state index in [9.17, 15) is 9.59 Å². The van der Waals surface area contributed by atoms with Gasteiger partial charge in [0.15, 0.2) is 0 Å². The van der Waals surface area contributed by atoms with Gasteiger partial charge in [-0.1, -0.05) is 26.2 Å². The Balaban J connectivity index is 1.84. The van der Waals surface area contributed by atoms with E-state index in [4.69, 9.17) is 4.74 Å². The second-order valence-electron chi connectivity index (χ2n) is 5.47. The third kappa shape index (κ3) is 5.50. The molecule has 0 saturated carbocycles. The SMILES string of the molecule is CCCCCCOC(=O)c1ccc(NC(=O)c2cccnc2)cc1. The lowest BCUT2D eigenvalue weighted by Crippen LogP contribution is -2.12. The van der Waals surface area contributed by atoms with Gasteiger partial charge in [0.2, 0.25) is 0 Å². The van der Waals surface area contributed by atoms with Gasteiger partial charge >= 0.3 is 5.97 Å². The molecule has 126 valence electrons. The van der Waals surface area contributed by atoms with Crippen LogP contribution in [0, 0.1) is 0 Å². The van der Waals surface area contributed by atoms with Crippen molar-refractivity contribution in [3.8, 4) is 0 Å². The summed E-state index contributed by atoms with van der Waals surface area (Å²) in [5.74, 6) is -0.578. The molecular formula is C19H22N2O3. The van der Waals surface area contributed by atoms with Gasteiger partial charge in [-0.15, -0.1) is 0 Å². The third-order valence-corrected chi connectivity index (χ3v) is 3.53. The summed E-state index contributed by atoms with van der Waals surface area (Å²) >= 11 is 0. The van der Waals surface area contributed by atoms with E-state index in [-0.39, 0.29) is 11.9 Å². The molecule has 1 heterocycles. The number of nitrogens with one attached hydrogen (secondary N) is 1. The first-order valence-corrected chi connectivity index (χ1v) is 8.19. The minimum Gasteiger partial charge on any atom is -0.462 e. The van der Waals surface area contributed by atoms with E-state index in [1.165, 1.54) is 6.20 Å². The molecule has 0 aliphatic heterocycles. The molecule has 0 atom stereocenters. The van der Waals surface area contributed by atoms with Crippen molar-refractivity contribution in [3.05, 3.63) is 59.9 Å². The summed E-state index contributed by atoms with van der Waals surface area (Å²) in [6.07, 6.45) is 7.38. The van der Waals surface area contributed by atoms with Gasteiger partial charge in [-0.25, -0.2) is 4.79 Å². The lowest BCUT2D eigenvalue weighted by Gasteiger charge is -2.07. The minimum atomic E-state index is -0.336. The zero-order valence-corrected chi connectivity index (χ0v) is 13.8. The van der Waals surface area contributed by atoms with E-state index in [1.54, 1.807) is 42.6 Å². The van der Waals surface area contributed by atoms with Crippen molar-refractivity contribution < 1.29 is 14.3 Å². The average molecular weight is 326 g/mol. The molecule has 0 fully saturated rings. The molecule has 0 radical (unpaired) electrons. The molecule has 1 aromatic carbocycles. The van der Waals surface area contributed by atoms with E-state index in [0.29, 0.717) is 23.4 Å². The van der Waals surface area contributed by atoms with Gasteiger partial charge in [0.25, 0.3) is 5.91 Å². The van der Waals surface area contributed by atoms with Crippen LogP contribution in [0.4, 0.5) is 5.69 Å². The van der Waals surface area contributed by atoms with Crippen LogP contribution in [-0.4, -0.2) is 23.5 Å². The van der Waals surface area contributed by atoms with Crippen LogP contribution in [0.5, 0.6) is 0 Å². The number of pyridine rings is 1. The minimum absolute atomic E-state index is 0.241. The Bertz CT molecular complexity index is 654. The molecule has 0 spiro atoms. The maximum Gasteiger partial charge on any atom is 0.338 e. The number of amides is 1. The summed E-state index contributed by atoms with van der Waals surface area (Å²) in [4.78, 5) is 27.8. The Hall–Kier alpha value is -2.69. The van der Waals surface area contributed by atoms with Crippen LogP contribution in [0.25, 0.3) is 0 Å². The number of carbonyl (C=O) groups is 2. The molecule has 5 nitrogen and oxygen atoms in total. The Kier molecular flexibility index (Phi) is 6.95. The monoisotopic (exact) mass is 326 g/mol. The first-order valence-electron chi connectivity index (χ1n) is 8.19. The standard InChI is InChI=1S/C19H22N2O3/c1-2-3-4-5-13-24-19(23)15-8-10-17(11-9-15)21-18(22)16-7-6-12-20-14-16/h6-12,14H,2-5,13H2,1H3,(H,21,22). The van der Waals surface area contributed by atoms with Crippen molar-refractivity contribution in [3.63, 3.8) is 0 Å². The number of rotatable bonds is 8.